The van der Waals surface area contributed by atoms with E-state index in [1.54, 1.807) is 41.2 Å². The summed E-state index contributed by atoms with van der Waals surface area (Å²) < 4.78 is 32.4. The van der Waals surface area contributed by atoms with Crippen molar-refractivity contribution in [2.45, 2.75) is 28.1 Å². The van der Waals surface area contributed by atoms with E-state index in [1.807, 2.05) is 30.3 Å². The monoisotopic (exact) mass is 471 g/mol. The summed E-state index contributed by atoms with van der Waals surface area (Å²) in [6.45, 7) is 0.347. The molecule has 2 aromatic heterocycles. The molecule has 0 aliphatic heterocycles. The van der Waals surface area contributed by atoms with Crippen LogP contribution in [0.5, 0.6) is 5.75 Å². The molecule has 2 aromatic carbocycles. The maximum atomic E-state index is 13.2. The molecule has 0 aliphatic carbocycles. The van der Waals surface area contributed by atoms with E-state index in [1.165, 1.54) is 18.9 Å². The van der Waals surface area contributed by atoms with E-state index in [0.29, 0.717) is 50.8 Å². The standard InChI is InChI=1S/C23H19F2N3O2S2/c1-30-19-11-15(8-9-20(19)32-22(24)25)14-31-23-27-18-7-3-2-6-17(18)21(29)28(23)13-16-5-4-10-26-12-16/h2-12,22H,13-14H2,1H3. The number of pyridine rings is 1. The Morgan fingerprint density at radius 2 is 1.94 bits per heavy atom. The van der Waals surface area contributed by atoms with Crippen molar-refractivity contribution in [1.82, 2.24) is 14.5 Å². The van der Waals surface area contributed by atoms with Gasteiger partial charge in [-0.1, -0.05) is 47.8 Å². The number of halogens is 2. The normalized spacial score (nSPS) is 11.2. The third-order valence-corrected chi connectivity index (χ3v) is 6.52. The number of aromatic nitrogens is 3. The predicted octanol–water partition coefficient (Wildman–Crippen LogP) is 5.46. The van der Waals surface area contributed by atoms with Crippen LogP contribution < -0.4 is 10.3 Å². The zero-order valence-electron chi connectivity index (χ0n) is 17.1. The van der Waals surface area contributed by atoms with Gasteiger partial charge in [-0.3, -0.25) is 14.3 Å². The first-order chi connectivity index (χ1) is 15.5. The predicted molar refractivity (Wildman–Crippen MR) is 124 cm³/mol. The Balaban J connectivity index is 1.66. The molecule has 4 rings (SSSR count). The largest absolute Gasteiger partial charge is 0.496 e. The summed E-state index contributed by atoms with van der Waals surface area (Å²) in [7, 11) is 1.46. The van der Waals surface area contributed by atoms with Gasteiger partial charge in [-0.25, -0.2) is 4.98 Å². The Labute approximate surface area is 191 Å². The highest BCUT2D eigenvalue weighted by Crippen LogP contribution is 2.35. The molecular weight excluding hydrogens is 452 g/mol. The van der Waals surface area contributed by atoms with Crippen LogP contribution in [0.2, 0.25) is 0 Å². The second-order valence-electron chi connectivity index (χ2n) is 6.82. The Kier molecular flexibility index (Phi) is 7.06. The topological polar surface area (TPSA) is 57.0 Å². The fourth-order valence-corrected chi connectivity index (χ4v) is 4.75. The number of hydrogen-bond donors (Lipinski definition) is 0. The molecule has 0 bridgehead atoms. The van der Waals surface area contributed by atoms with Crippen LogP contribution in [-0.4, -0.2) is 27.4 Å². The fraction of sp³-hybridized carbons (Fsp3) is 0.174. The van der Waals surface area contributed by atoms with Crippen LogP contribution in [0.3, 0.4) is 0 Å². The van der Waals surface area contributed by atoms with Gasteiger partial charge in [0.15, 0.2) is 5.16 Å². The lowest BCUT2D eigenvalue weighted by atomic mass is 10.2. The lowest BCUT2D eigenvalue weighted by Gasteiger charge is -2.14. The molecule has 164 valence electrons. The Bertz CT molecular complexity index is 1280. The van der Waals surface area contributed by atoms with Gasteiger partial charge in [0.05, 0.1) is 29.5 Å². The Morgan fingerprint density at radius 3 is 2.69 bits per heavy atom. The van der Waals surface area contributed by atoms with Gasteiger partial charge in [0.25, 0.3) is 11.3 Å². The number of benzene rings is 2. The SMILES string of the molecule is COc1cc(CSc2nc3ccccc3c(=O)n2Cc2cccnc2)ccc1SC(F)F. The number of fused-ring (bicyclic) bond motifs is 1. The fourth-order valence-electron chi connectivity index (χ4n) is 3.21. The molecule has 9 heteroatoms. The zero-order valence-corrected chi connectivity index (χ0v) is 18.7. The first-order valence-electron chi connectivity index (χ1n) is 9.68. The van der Waals surface area contributed by atoms with Crippen LogP contribution in [0.1, 0.15) is 11.1 Å². The van der Waals surface area contributed by atoms with Gasteiger partial charge >= 0.3 is 0 Å². The average Bonchev–Trinajstić information content (AvgIpc) is 2.81. The minimum absolute atomic E-state index is 0.122. The highest BCUT2D eigenvalue weighted by atomic mass is 32.2. The molecule has 4 aromatic rings. The van der Waals surface area contributed by atoms with E-state index in [9.17, 15) is 13.6 Å². The van der Waals surface area contributed by atoms with Gasteiger partial charge in [0.2, 0.25) is 0 Å². The van der Waals surface area contributed by atoms with Crippen molar-refractivity contribution in [3.05, 3.63) is 88.5 Å². The number of alkyl halides is 2. The van der Waals surface area contributed by atoms with Crippen LogP contribution in [-0.2, 0) is 12.3 Å². The first kappa shape index (κ1) is 22.3. The Hall–Kier alpha value is -2.91. The molecule has 0 N–H and O–H groups in total. The maximum Gasteiger partial charge on any atom is 0.289 e. The summed E-state index contributed by atoms with van der Waals surface area (Å²) in [5.74, 6) is -1.63. The van der Waals surface area contributed by atoms with E-state index in [4.69, 9.17) is 9.72 Å². The van der Waals surface area contributed by atoms with Crippen molar-refractivity contribution in [3.63, 3.8) is 0 Å². The summed E-state index contributed by atoms with van der Waals surface area (Å²) in [6, 6.07) is 16.1. The molecule has 0 unspecified atom stereocenters. The lowest BCUT2D eigenvalue weighted by molar-refractivity contribution is 0.251. The van der Waals surface area contributed by atoms with Gasteiger partial charge in [-0.05, 0) is 41.5 Å². The smallest absolute Gasteiger partial charge is 0.289 e. The average molecular weight is 472 g/mol. The Morgan fingerprint density at radius 1 is 1.09 bits per heavy atom. The lowest BCUT2D eigenvalue weighted by Crippen LogP contribution is -2.24. The van der Waals surface area contributed by atoms with E-state index >= 15 is 0 Å². The summed E-state index contributed by atoms with van der Waals surface area (Å²) >= 11 is 1.86. The van der Waals surface area contributed by atoms with Crippen LogP contribution in [0.15, 0.2) is 81.8 Å². The molecule has 0 aliphatic rings. The summed E-state index contributed by atoms with van der Waals surface area (Å²) in [5, 5.41) is 1.12. The minimum Gasteiger partial charge on any atom is -0.496 e. The van der Waals surface area contributed by atoms with Crippen LogP contribution >= 0.6 is 23.5 Å². The number of hydrogen-bond acceptors (Lipinski definition) is 6. The van der Waals surface area contributed by atoms with Crippen LogP contribution in [0.4, 0.5) is 8.78 Å². The molecule has 0 atom stereocenters. The molecule has 0 amide bonds. The van der Waals surface area contributed by atoms with Crippen molar-refractivity contribution in [1.29, 1.82) is 0 Å². The minimum atomic E-state index is -2.52. The number of thioether (sulfide) groups is 2. The van der Waals surface area contributed by atoms with Crippen molar-refractivity contribution in [3.8, 4) is 5.75 Å². The molecule has 5 nitrogen and oxygen atoms in total. The first-order valence-corrected chi connectivity index (χ1v) is 11.5. The number of nitrogens with zero attached hydrogens (tertiary/aromatic N) is 3. The maximum absolute atomic E-state index is 13.2. The zero-order chi connectivity index (χ0) is 22.5. The van der Waals surface area contributed by atoms with E-state index in [-0.39, 0.29) is 5.56 Å². The van der Waals surface area contributed by atoms with Gasteiger partial charge in [-0.2, -0.15) is 8.78 Å². The molecule has 0 radical (unpaired) electrons. The molecule has 0 spiro atoms. The second kappa shape index (κ2) is 10.1. The number of ether oxygens (including phenoxy) is 1. The van der Waals surface area contributed by atoms with Crippen molar-refractivity contribution >= 4 is 34.4 Å². The van der Waals surface area contributed by atoms with Gasteiger partial charge in [0.1, 0.15) is 5.75 Å². The number of rotatable bonds is 8. The van der Waals surface area contributed by atoms with E-state index in [0.717, 1.165) is 11.1 Å². The van der Waals surface area contributed by atoms with Gasteiger partial charge in [0, 0.05) is 18.1 Å². The highest BCUT2D eigenvalue weighted by Gasteiger charge is 2.14. The van der Waals surface area contributed by atoms with Crippen molar-refractivity contribution in [2.24, 2.45) is 0 Å². The van der Waals surface area contributed by atoms with Gasteiger partial charge in [-0.15, -0.1) is 0 Å². The molecule has 0 saturated heterocycles. The summed E-state index contributed by atoms with van der Waals surface area (Å²) in [6.07, 6.45) is 3.41. The van der Waals surface area contributed by atoms with Crippen molar-refractivity contribution < 1.29 is 13.5 Å². The van der Waals surface area contributed by atoms with E-state index in [2.05, 4.69) is 4.98 Å². The van der Waals surface area contributed by atoms with E-state index < -0.39 is 5.76 Å². The second-order valence-corrected chi connectivity index (χ2v) is 8.79. The van der Waals surface area contributed by atoms with Crippen molar-refractivity contribution in [2.75, 3.05) is 7.11 Å². The van der Waals surface area contributed by atoms with Gasteiger partial charge < -0.3 is 4.74 Å². The highest BCUT2D eigenvalue weighted by molar-refractivity contribution is 7.99. The number of para-hydroxylation sites is 1. The van der Waals surface area contributed by atoms with Crippen LogP contribution in [0, 0.1) is 0 Å². The quantitative estimate of drug-likeness (QED) is 0.251. The summed E-state index contributed by atoms with van der Waals surface area (Å²) in [5.41, 5.74) is 2.27. The molecule has 0 fully saturated rings. The summed E-state index contributed by atoms with van der Waals surface area (Å²) in [4.78, 5) is 22.4. The number of methoxy groups -OCH3 is 1. The molecule has 2 heterocycles. The molecule has 32 heavy (non-hydrogen) atoms. The third kappa shape index (κ3) is 5.11. The molecular formula is C23H19F2N3O2S2. The molecule has 0 saturated carbocycles. The van der Waals surface area contributed by atoms with Crippen LogP contribution in [0.25, 0.3) is 10.9 Å². The third-order valence-electron chi connectivity index (χ3n) is 4.70.